The van der Waals surface area contributed by atoms with Crippen LogP contribution in [0.5, 0.6) is 0 Å². The summed E-state index contributed by atoms with van der Waals surface area (Å²) < 4.78 is 0. The van der Waals surface area contributed by atoms with Crippen LogP contribution in [0.1, 0.15) is 31.5 Å². The Hall–Kier alpha value is -1.00. The van der Waals surface area contributed by atoms with Gasteiger partial charge in [-0.15, -0.1) is 0 Å². The summed E-state index contributed by atoms with van der Waals surface area (Å²) in [4.78, 5) is 7.04. The fraction of sp³-hybridized carbons (Fsp3) is 0.538. The van der Waals surface area contributed by atoms with Crippen molar-refractivity contribution in [3.05, 3.63) is 29.6 Å². The number of rotatable bonds is 3. The highest BCUT2D eigenvalue weighted by Crippen LogP contribution is 2.24. The SMILES string of the molecule is CC1CC(C)N(Cc2ccnc(C(N)=S)c2)C1. The maximum atomic E-state index is 5.60. The van der Waals surface area contributed by atoms with Crippen LogP contribution in [0.25, 0.3) is 0 Å². The molecular formula is C13H19N3S. The first-order valence-corrected chi connectivity index (χ1v) is 6.46. The molecule has 0 aliphatic carbocycles. The summed E-state index contributed by atoms with van der Waals surface area (Å²) in [5.41, 5.74) is 7.55. The van der Waals surface area contributed by atoms with E-state index in [4.69, 9.17) is 18.0 Å². The number of hydrogen-bond acceptors (Lipinski definition) is 3. The Kier molecular flexibility index (Phi) is 3.74. The van der Waals surface area contributed by atoms with Gasteiger partial charge < -0.3 is 5.73 Å². The standard InChI is InChI=1S/C13H19N3S/c1-9-5-10(2)16(7-9)8-11-3-4-15-12(6-11)13(14)17/h3-4,6,9-10H,5,7-8H2,1-2H3,(H2,14,17). The van der Waals surface area contributed by atoms with Gasteiger partial charge in [0, 0.05) is 25.3 Å². The molecule has 1 aromatic rings. The second-order valence-electron chi connectivity index (χ2n) is 5.03. The van der Waals surface area contributed by atoms with Crippen molar-refractivity contribution in [3.8, 4) is 0 Å². The molecular weight excluding hydrogens is 230 g/mol. The minimum absolute atomic E-state index is 0.370. The van der Waals surface area contributed by atoms with Gasteiger partial charge in [0.1, 0.15) is 4.99 Å². The zero-order chi connectivity index (χ0) is 12.4. The van der Waals surface area contributed by atoms with Gasteiger partial charge in [-0.05, 0) is 37.0 Å². The highest BCUT2D eigenvalue weighted by molar-refractivity contribution is 7.80. The molecule has 4 heteroatoms. The van der Waals surface area contributed by atoms with E-state index in [1.807, 2.05) is 12.1 Å². The van der Waals surface area contributed by atoms with Gasteiger partial charge in [0.2, 0.25) is 0 Å². The summed E-state index contributed by atoms with van der Waals surface area (Å²) in [5, 5.41) is 0. The molecule has 1 saturated heterocycles. The summed E-state index contributed by atoms with van der Waals surface area (Å²) in [6, 6.07) is 4.70. The molecule has 0 spiro atoms. The fourth-order valence-electron chi connectivity index (χ4n) is 2.55. The van der Waals surface area contributed by atoms with E-state index >= 15 is 0 Å². The van der Waals surface area contributed by atoms with Gasteiger partial charge in [0.25, 0.3) is 0 Å². The lowest BCUT2D eigenvalue weighted by molar-refractivity contribution is 0.256. The van der Waals surface area contributed by atoms with Crippen molar-refractivity contribution in [2.24, 2.45) is 11.7 Å². The van der Waals surface area contributed by atoms with Gasteiger partial charge in [-0.1, -0.05) is 19.1 Å². The number of likely N-dealkylation sites (tertiary alicyclic amines) is 1. The molecule has 2 rings (SSSR count). The number of nitrogens with zero attached hydrogens (tertiary/aromatic N) is 2. The van der Waals surface area contributed by atoms with Gasteiger partial charge in [0.05, 0.1) is 5.69 Å². The molecule has 1 aliphatic heterocycles. The molecule has 17 heavy (non-hydrogen) atoms. The average Bonchev–Trinajstić information content (AvgIpc) is 2.58. The predicted octanol–water partition coefficient (Wildman–Crippen LogP) is 1.95. The molecule has 0 saturated carbocycles. The Labute approximate surface area is 108 Å². The van der Waals surface area contributed by atoms with E-state index in [9.17, 15) is 0 Å². The Bertz CT molecular complexity index is 419. The van der Waals surface area contributed by atoms with Crippen molar-refractivity contribution < 1.29 is 0 Å². The van der Waals surface area contributed by atoms with Gasteiger partial charge in [-0.25, -0.2) is 0 Å². The van der Waals surface area contributed by atoms with Crippen LogP contribution in [0.3, 0.4) is 0 Å². The molecule has 0 bridgehead atoms. The molecule has 3 nitrogen and oxygen atoms in total. The maximum Gasteiger partial charge on any atom is 0.122 e. The van der Waals surface area contributed by atoms with Gasteiger partial charge >= 0.3 is 0 Å². The van der Waals surface area contributed by atoms with Crippen molar-refractivity contribution in [3.63, 3.8) is 0 Å². The number of thiocarbonyl (C=S) groups is 1. The monoisotopic (exact) mass is 249 g/mol. The number of nitrogens with two attached hydrogens (primary N) is 1. The molecule has 2 unspecified atom stereocenters. The van der Waals surface area contributed by atoms with Crippen molar-refractivity contribution >= 4 is 17.2 Å². The van der Waals surface area contributed by atoms with Crippen LogP contribution >= 0.6 is 12.2 Å². The van der Waals surface area contributed by atoms with E-state index in [1.165, 1.54) is 18.5 Å². The fourth-order valence-corrected chi connectivity index (χ4v) is 2.66. The Morgan fingerprint density at radius 2 is 2.35 bits per heavy atom. The Morgan fingerprint density at radius 3 is 2.94 bits per heavy atom. The molecule has 92 valence electrons. The molecule has 0 radical (unpaired) electrons. The van der Waals surface area contributed by atoms with Crippen LogP contribution in [0, 0.1) is 5.92 Å². The van der Waals surface area contributed by atoms with E-state index in [-0.39, 0.29) is 0 Å². The van der Waals surface area contributed by atoms with E-state index in [1.54, 1.807) is 6.20 Å². The van der Waals surface area contributed by atoms with Crippen molar-refractivity contribution in [1.82, 2.24) is 9.88 Å². The summed E-state index contributed by atoms with van der Waals surface area (Å²) in [5.74, 6) is 0.793. The van der Waals surface area contributed by atoms with Crippen LogP contribution in [0.4, 0.5) is 0 Å². The largest absolute Gasteiger partial charge is 0.388 e. The summed E-state index contributed by atoms with van der Waals surface area (Å²) in [6.45, 7) is 6.73. The molecule has 2 atom stereocenters. The normalized spacial score (nSPS) is 25.1. The van der Waals surface area contributed by atoms with E-state index in [0.717, 1.165) is 18.2 Å². The van der Waals surface area contributed by atoms with Crippen LogP contribution in [-0.4, -0.2) is 27.5 Å². The molecule has 2 N–H and O–H groups in total. The van der Waals surface area contributed by atoms with E-state index in [0.29, 0.717) is 11.0 Å². The lowest BCUT2D eigenvalue weighted by Crippen LogP contribution is -2.26. The van der Waals surface area contributed by atoms with Gasteiger partial charge in [-0.2, -0.15) is 0 Å². The van der Waals surface area contributed by atoms with Gasteiger partial charge in [-0.3, -0.25) is 9.88 Å². The average molecular weight is 249 g/mol. The molecule has 1 aliphatic rings. The summed E-state index contributed by atoms with van der Waals surface area (Å²) >= 11 is 4.95. The third-order valence-electron chi connectivity index (χ3n) is 3.38. The second kappa shape index (κ2) is 5.10. The topological polar surface area (TPSA) is 42.2 Å². The van der Waals surface area contributed by atoms with Crippen molar-refractivity contribution in [2.75, 3.05) is 6.54 Å². The highest BCUT2D eigenvalue weighted by Gasteiger charge is 2.25. The Morgan fingerprint density at radius 1 is 1.59 bits per heavy atom. The van der Waals surface area contributed by atoms with Gasteiger partial charge in [0.15, 0.2) is 0 Å². The van der Waals surface area contributed by atoms with Crippen LogP contribution in [-0.2, 0) is 6.54 Å². The molecule has 2 heterocycles. The van der Waals surface area contributed by atoms with Crippen LogP contribution < -0.4 is 5.73 Å². The predicted molar refractivity (Wildman–Crippen MR) is 73.8 cm³/mol. The number of hydrogen-bond donors (Lipinski definition) is 1. The minimum atomic E-state index is 0.370. The Balaban J connectivity index is 2.08. The lowest BCUT2D eigenvalue weighted by Gasteiger charge is -2.21. The molecule has 0 amide bonds. The summed E-state index contributed by atoms with van der Waals surface area (Å²) in [7, 11) is 0. The molecule has 1 fully saturated rings. The highest BCUT2D eigenvalue weighted by atomic mass is 32.1. The van der Waals surface area contributed by atoms with Crippen LogP contribution in [0.15, 0.2) is 18.3 Å². The number of aromatic nitrogens is 1. The smallest absolute Gasteiger partial charge is 0.122 e. The molecule has 1 aromatic heterocycles. The quantitative estimate of drug-likeness (QED) is 0.831. The zero-order valence-corrected chi connectivity index (χ0v) is 11.2. The van der Waals surface area contributed by atoms with Crippen molar-refractivity contribution in [2.45, 2.75) is 32.9 Å². The first-order chi connectivity index (χ1) is 8.06. The van der Waals surface area contributed by atoms with E-state index in [2.05, 4.69) is 23.7 Å². The molecule has 0 aromatic carbocycles. The maximum absolute atomic E-state index is 5.60. The summed E-state index contributed by atoms with van der Waals surface area (Å²) in [6.07, 6.45) is 3.07. The first kappa shape index (κ1) is 12.5. The first-order valence-electron chi connectivity index (χ1n) is 6.05. The van der Waals surface area contributed by atoms with E-state index < -0.39 is 0 Å². The zero-order valence-electron chi connectivity index (χ0n) is 10.4. The van der Waals surface area contributed by atoms with Crippen molar-refractivity contribution in [1.29, 1.82) is 0 Å². The number of pyridine rings is 1. The van der Waals surface area contributed by atoms with Crippen LogP contribution in [0.2, 0.25) is 0 Å². The minimum Gasteiger partial charge on any atom is -0.388 e. The lowest BCUT2D eigenvalue weighted by atomic mass is 10.1. The third-order valence-corrected chi connectivity index (χ3v) is 3.58. The third kappa shape index (κ3) is 3.01. The second-order valence-corrected chi connectivity index (χ2v) is 5.47.